The van der Waals surface area contributed by atoms with Gasteiger partial charge in [0.15, 0.2) is 24.8 Å². The highest BCUT2D eigenvalue weighted by Crippen LogP contribution is 2.26. The number of ether oxygens (including phenoxy) is 1. The van der Waals surface area contributed by atoms with Crippen molar-refractivity contribution in [3.8, 4) is 5.75 Å². The first-order chi connectivity index (χ1) is 9.85. The van der Waals surface area contributed by atoms with E-state index < -0.39 is 30.0 Å². The summed E-state index contributed by atoms with van der Waals surface area (Å²) in [6.45, 7) is 0. The molecule has 0 unspecified atom stereocenters. The number of sulfone groups is 2. The normalized spacial score (nSPS) is 17.6. The Morgan fingerprint density at radius 2 is 1.57 bits per heavy atom. The van der Waals surface area contributed by atoms with E-state index in [1.54, 1.807) is 0 Å². The van der Waals surface area contributed by atoms with Crippen LogP contribution < -0.4 is 4.74 Å². The van der Waals surface area contributed by atoms with Crippen LogP contribution in [0.4, 0.5) is 0 Å². The maximum absolute atomic E-state index is 12.3. The van der Waals surface area contributed by atoms with Crippen molar-refractivity contribution in [2.24, 2.45) is 0 Å². The van der Waals surface area contributed by atoms with E-state index >= 15 is 0 Å². The number of methoxy groups -OCH3 is 1. The van der Waals surface area contributed by atoms with E-state index in [1.165, 1.54) is 31.4 Å². The first kappa shape index (κ1) is 16.3. The van der Waals surface area contributed by atoms with Crippen LogP contribution in [-0.4, -0.2) is 34.3 Å². The van der Waals surface area contributed by atoms with Crippen LogP contribution in [0.3, 0.4) is 0 Å². The first-order valence-corrected chi connectivity index (χ1v) is 10.3. The predicted octanol–water partition coefficient (Wildman–Crippen LogP) is 2.17. The van der Waals surface area contributed by atoms with Gasteiger partial charge in [-0.1, -0.05) is 19.3 Å². The molecule has 2 rings (SSSR count). The molecule has 1 aliphatic carbocycles. The molecule has 5 nitrogen and oxygen atoms in total. The molecule has 1 aromatic carbocycles. The zero-order valence-corrected chi connectivity index (χ0v) is 13.6. The van der Waals surface area contributed by atoms with Crippen molar-refractivity contribution in [1.29, 1.82) is 0 Å². The summed E-state index contributed by atoms with van der Waals surface area (Å²) in [5.74, 6) is 0.532. The Kier molecular flexibility index (Phi) is 4.93. The van der Waals surface area contributed by atoms with Gasteiger partial charge >= 0.3 is 0 Å². The summed E-state index contributed by atoms with van der Waals surface area (Å²) < 4.78 is 54.1. The van der Waals surface area contributed by atoms with Crippen LogP contribution in [-0.2, 0) is 19.7 Å². The zero-order chi connectivity index (χ0) is 15.5. The summed E-state index contributed by atoms with van der Waals surface area (Å²) in [4.78, 5) is 0.0164. The third-order valence-electron chi connectivity index (χ3n) is 3.80. The van der Waals surface area contributed by atoms with E-state index in [4.69, 9.17) is 4.74 Å². The van der Waals surface area contributed by atoms with Gasteiger partial charge in [-0.2, -0.15) is 0 Å². The Labute approximate surface area is 126 Å². The second-order valence-corrected chi connectivity index (χ2v) is 9.97. The Bertz CT molecular complexity index is 669. The molecule has 0 heterocycles. The van der Waals surface area contributed by atoms with Gasteiger partial charge in [-0.05, 0) is 37.1 Å². The van der Waals surface area contributed by atoms with E-state index in [2.05, 4.69) is 0 Å². The predicted molar refractivity (Wildman–Crippen MR) is 80.8 cm³/mol. The first-order valence-electron chi connectivity index (χ1n) is 6.93. The standard InChI is InChI=1S/C14H20O5S2/c1-19-12-7-9-14(10-8-12)21(17,18)11-20(15,16)13-5-3-2-4-6-13/h7-10,13H,2-6,11H2,1H3. The maximum atomic E-state index is 12.3. The lowest BCUT2D eigenvalue weighted by molar-refractivity contribution is 0.414. The highest BCUT2D eigenvalue weighted by Gasteiger charge is 2.32. The molecule has 0 aromatic heterocycles. The smallest absolute Gasteiger partial charge is 0.192 e. The zero-order valence-electron chi connectivity index (χ0n) is 12.0. The molecular weight excluding hydrogens is 312 g/mol. The molecule has 118 valence electrons. The monoisotopic (exact) mass is 332 g/mol. The largest absolute Gasteiger partial charge is 0.497 e. The van der Waals surface area contributed by atoms with Gasteiger partial charge in [0.05, 0.1) is 17.3 Å². The molecule has 21 heavy (non-hydrogen) atoms. The van der Waals surface area contributed by atoms with Crippen LogP contribution in [0.25, 0.3) is 0 Å². The average Bonchev–Trinajstić information content (AvgIpc) is 2.47. The number of rotatable bonds is 5. The second kappa shape index (κ2) is 6.36. The van der Waals surface area contributed by atoms with Crippen LogP contribution >= 0.6 is 0 Å². The summed E-state index contributed by atoms with van der Waals surface area (Å²) in [5, 5.41) is -1.32. The quantitative estimate of drug-likeness (QED) is 0.826. The minimum absolute atomic E-state index is 0.0164. The van der Waals surface area contributed by atoms with Crippen molar-refractivity contribution in [1.82, 2.24) is 0 Å². The minimum Gasteiger partial charge on any atom is -0.497 e. The van der Waals surface area contributed by atoms with Crippen molar-refractivity contribution >= 4 is 19.7 Å². The van der Waals surface area contributed by atoms with Gasteiger partial charge in [-0.15, -0.1) is 0 Å². The topological polar surface area (TPSA) is 77.5 Å². The lowest BCUT2D eigenvalue weighted by Crippen LogP contribution is -2.29. The molecule has 0 saturated heterocycles. The highest BCUT2D eigenvalue weighted by molar-refractivity contribution is 8.08. The van der Waals surface area contributed by atoms with Crippen molar-refractivity contribution in [2.45, 2.75) is 42.2 Å². The molecule has 7 heteroatoms. The molecular formula is C14H20O5S2. The van der Waals surface area contributed by atoms with E-state index in [1.807, 2.05) is 0 Å². The Balaban J connectivity index is 2.19. The van der Waals surface area contributed by atoms with Gasteiger partial charge in [0.1, 0.15) is 5.75 Å². The van der Waals surface area contributed by atoms with Crippen LogP contribution in [0, 0.1) is 0 Å². The van der Waals surface area contributed by atoms with Gasteiger partial charge in [-0.3, -0.25) is 0 Å². The molecule has 0 bridgehead atoms. The van der Waals surface area contributed by atoms with Gasteiger partial charge in [0, 0.05) is 0 Å². The van der Waals surface area contributed by atoms with Crippen molar-refractivity contribution < 1.29 is 21.6 Å². The number of benzene rings is 1. The lowest BCUT2D eigenvalue weighted by atomic mass is 10.0. The van der Waals surface area contributed by atoms with E-state index in [0.29, 0.717) is 18.6 Å². The van der Waals surface area contributed by atoms with E-state index in [9.17, 15) is 16.8 Å². The number of hydrogen-bond acceptors (Lipinski definition) is 5. The Morgan fingerprint density at radius 1 is 1.00 bits per heavy atom. The average molecular weight is 332 g/mol. The van der Waals surface area contributed by atoms with Gasteiger partial charge in [-0.25, -0.2) is 16.8 Å². The van der Waals surface area contributed by atoms with E-state index in [-0.39, 0.29) is 4.90 Å². The maximum Gasteiger partial charge on any atom is 0.192 e. The molecule has 0 spiro atoms. The van der Waals surface area contributed by atoms with Crippen molar-refractivity contribution in [2.75, 3.05) is 12.2 Å². The Morgan fingerprint density at radius 3 is 2.10 bits per heavy atom. The van der Waals surface area contributed by atoms with Crippen molar-refractivity contribution in [3.05, 3.63) is 24.3 Å². The van der Waals surface area contributed by atoms with Gasteiger partial charge < -0.3 is 4.74 Å². The molecule has 0 amide bonds. The van der Waals surface area contributed by atoms with Gasteiger partial charge in [0.25, 0.3) is 0 Å². The molecule has 1 aliphatic rings. The molecule has 1 saturated carbocycles. The molecule has 1 fully saturated rings. The fourth-order valence-electron chi connectivity index (χ4n) is 2.59. The second-order valence-electron chi connectivity index (χ2n) is 5.33. The highest BCUT2D eigenvalue weighted by atomic mass is 32.3. The molecule has 0 atom stereocenters. The molecule has 0 N–H and O–H groups in total. The van der Waals surface area contributed by atoms with Crippen LogP contribution in [0.1, 0.15) is 32.1 Å². The molecule has 1 aromatic rings. The fraction of sp³-hybridized carbons (Fsp3) is 0.571. The summed E-state index contributed by atoms with van der Waals surface area (Å²) in [7, 11) is -5.98. The molecule has 0 aliphatic heterocycles. The third-order valence-corrected chi connectivity index (χ3v) is 8.83. The van der Waals surface area contributed by atoms with Gasteiger partial charge in [0.2, 0.25) is 0 Å². The van der Waals surface area contributed by atoms with Crippen LogP contribution in [0.2, 0.25) is 0 Å². The summed E-state index contributed by atoms with van der Waals surface area (Å²) in [6.07, 6.45) is 3.87. The Hall–Kier alpha value is -1.08. The van der Waals surface area contributed by atoms with Crippen LogP contribution in [0.15, 0.2) is 29.2 Å². The number of hydrogen-bond donors (Lipinski definition) is 0. The SMILES string of the molecule is COc1ccc(S(=O)(=O)CS(=O)(=O)C2CCCCC2)cc1. The third kappa shape index (κ3) is 3.97. The van der Waals surface area contributed by atoms with Crippen molar-refractivity contribution in [3.63, 3.8) is 0 Å². The summed E-state index contributed by atoms with van der Waals surface area (Å²) in [5.41, 5.74) is 0. The molecule has 0 radical (unpaired) electrons. The summed E-state index contributed by atoms with van der Waals surface area (Å²) >= 11 is 0. The van der Waals surface area contributed by atoms with Crippen LogP contribution in [0.5, 0.6) is 5.75 Å². The van der Waals surface area contributed by atoms with E-state index in [0.717, 1.165) is 19.3 Å². The summed E-state index contributed by atoms with van der Waals surface area (Å²) in [6, 6.07) is 5.79. The lowest BCUT2D eigenvalue weighted by Gasteiger charge is -2.21. The fourth-order valence-corrected chi connectivity index (χ4v) is 7.23. The minimum atomic E-state index is -3.84.